The van der Waals surface area contributed by atoms with E-state index in [1.807, 2.05) is 0 Å². The molecule has 0 aliphatic rings. The highest BCUT2D eigenvalue weighted by Gasteiger charge is 2.13. The summed E-state index contributed by atoms with van der Waals surface area (Å²) in [6.07, 6.45) is 0. The standard InChI is InChI=1S/C15H11N3O4/c1-8-6-12(18-15(21)16-8)17-13(19)11-7-9-4-2-3-5-10(9)14(20)22-11/h2-7H,1H3,(H2,16,17,18,19,21). The number of rotatable bonds is 2. The van der Waals surface area contributed by atoms with Gasteiger partial charge in [0.05, 0.1) is 5.39 Å². The molecule has 3 aromatic rings. The zero-order chi connectivity index (χ0) is 15.7. The first kappa shape index (κ1) is 13.7. The van der Waals surface area contributed by atoms with Gasteiger partial charge in [-0.3, -0.25) is 4.79 Å². The SMILES string of the molecule is Cc1cc(NC(=O)c2cc3ccccc3c(=O)o2)nc(=O)[nH]1. The summed E-state index contributed by atoms with van der Waals surface area (Å²) in [5, 5.41) is 3.42. The quantitative estimate of drug-likeness (QED) is 0.744. The van der Waals surface area contributed by atoms with Crippen LogP contribution in [0.1, 0.15) is 16.2 Å². The number of hydrogen-bond donors (Lipinski definition) is 2. The first-order valence-electron chi connectivity index (χ1n) is 6.45. The molecular formula is C15H11N3O4. The number of nitrogens with one attached hydrogen (secondary N) is 2. The van der Waals surface area contributed by atoms with E-state index in [0.29, 0.717) is 16.5 Å². The third kappa shape index (κ3) is 2.64. The van der Waals surface area contributed by atoms with Gasteiger partial charge in [-0.15, -0.1) is 0 Å². The van der Waals surface area contributed by atoms with Crippen LogP contribution in [-0.2, 0) is 0 Å². The van der Waals surface area contributed by atoms with Crippen LogP contribution in [0.4, 0.5) is 5.82 Å². The number of nitrogens with zero attached hydrogens (tertiary/aromatic N) is 1. The fourth-order valence-electron chi connectivity index (χ4n) is 2.07. The molecule has 0 aliphatic heterocycles. The van der Waals surface area contributed by atoms with Crippen molar-refractivity contribution in [3.8, 4) is 0 Å². The van der Waals surface area contributed by atoms with Crippen molar-refractivity contribution in [2.24, 2.45) is 0 Å². The summed E-state index contributed by atoms with van der Waals surface area (Å²) in [5.41, 5.74) is -0.621. The number of aromatic nitrogens is 2. The van der Waals surface area contributed by atoms with Gasteiger partial charge in [-0.1, -0.05) is 18.2 Å². The van der Waals surface area contributed by atoms with Gasteiger partial charge in [0, 0.05) is 11.8 Å². The summed E-state index contributed by atoms with van der Waals surface area (Å²) >= 11 is 0. The van der Waals surface area contributed by atoms with Gasteiger partial charge in [0.1, 0.15) is 5.82 Å². The van der Waals surface area contributed by atoms with Crippen LogP contribution in [-0.4, -0.2) is 15.9 Å². The van der Waals surface area contributed by atoms with Crippen molar-refractivity contribution in [3.63, 3.8) is 0 Å². The van der Waals surface area contributed by atoms with Crippen LogP contribution >= 0.6 is 0 Å². The Kier molecular flexibility index (Phi) is 3.30. The number of carbonyl (C=O) groups is 1. The summed E-state index contributed by atoms with van der Waals surface area (Å²) in [4.78, 5) is 41.3. The lowest BCUT2D eigenvalue weighted by molar-refractivity contribution is 0.0992. The first-order valence-corrected chi connectivity index (χ1v) is 6.45. The third-order valence-electron chi connectivity index (χ3n) is 3.01. The molecule has 2 heterocycles. The van der Waals surface area contributed by atoms with Crippen molar-refractivity contribution in [1.29, 1.82) is 0 Å². The van der Waals surface area contributed by atoms with E-state index in [1.165, 1.54) is 12.1 Å². The summed E-state index contributed by atoms with van der Waals surface area (Å²) in [7, 11) is 0. The average Bonchev–Trinajstić information content (AvgIpc) is 2.46. The molecule has 0 saturated heterocycles. The van der Waals surface area contributed by atoms with Gasteiger partial charge in [-0.05, 0) is 24.4 Å². The first-order chi connectivity index (χ1) is 10.5. The maximum atomic E-state index is 12.1. The van der Waals surface area contributed by atoms with Crippen molar-refractivity contribution in [2.75, 3.05) is 5.32 Å². The topological polar surface area (TPSA) is 105 Å². The lowest BCUT2D eigenvalue weighted by atomic mass is 10.1. The lowest BCUT2D eigenvalue weighted by Gasteiger charge is -2.04. The maximum Gasteiger partial charge on any atom is 0.347 e. The summed E-state index contributed by atoms with van der Waals surface area (Å²) in [6, 6.07) is 9.75. The van der Waals surface area contributed by atoms with E-state index < -0.39 is 17.2 Å². The van der Waals surface area contributed by atoms with Gasteiger partial charge in [0.25, 0.3) is 5.91 Å². The highest BCUT2D eigenvalue weighted by atomic mass is 16.4. The second-order valence-corrected chi connectivity index (χ2v) is 4.69. The Hall–Kier alpha value is -3.22. The molecule has 3 rings (SSSR count). The number of H-pyrrole nitrogens is 1. The molecule has 7 nitrogen and oxygen atoms in total. The van der Waals surface area contributed by atoms with Gasteiger partial charge in [-0.25, -0.2) is 9.59 Å². The van der Waals surface area contributed by atoms with Crippen LogP contribution in [0.25, 0.3) is 10.8 Å². The molecule has 0 spiro atoms. The Morgan fingerprint density at radius 2 is 2.00 bits per heavy atom. The fourth-order valence-corrected chi connectivity index (χ4v) is 2.07. The van der Waals surface area contributed by atoms with E-state index in [0.717, 1.165) is 0 Å². The molecule has 0 radical (unpaired) electrons. The third-order valence-corrected chi connectivity index (χ3v) is 3.01. The van der Waals surface area contributed by atoms with Gasteiger partial charge >= 0.3 is 11.3 Å². The Balaban J connectivity index is 1.98. The van der Waals surface area contributed by atoms with Crippen LogP contribution in [0.3, 0.4) is 0 Å². The normalized spacial score (nSPS) is 10.6. The number of aromatic amines is 1. The summed E-state index contributed by atoms with van der Waals surface area (Å²) < 4.78 is 5.00. The van der Waals surface area contributed by atoms with E-state index in [4.69, 9.17) is 4.42 Å². The number of aryl methyl sites for hydroxylation is 1. The van der Waals surface area contributed by atoms with Gasteiger partial charge < -0.3 is 14.7 Å². The number of benzene rings is 1. The Morgan fingerprint density at radius 1 is 1.23 bits per heavy atom. The summed E-state index contributed by atoms with van der Waals surface area (Å²) in [5.74, 6) is -0.717. The number of hydrogen-bond acceptors (Lipinski definition) is 5. The zero-order valence-corrected chi connectivity index (χ0v) is 11.5. The second kappa shape index (κ2) is 5.28. The Labute approximate surface area is 123 Å². The Morgan fingerprint density at radius 3 is 2.77 bits per heavy atom. The molecular weight excluding hydrogens is 286 g/mol. The van der Waals surface area contributed by atoms with Gasteiger partial charge in [0.15, 0.2) is 5.76 Å². The monoisotopic (exact) mass is 297 g/mol. The van der Waals surface area contributed by atoms with Crippen molar-refractivity contribution in [1.82, 2.24) is 9.97 Å². The van der Waals surface area contributed by atoms with Crippen molar-refractivity contribution in [3.05, 3.63) is 68.8 Å². The van der Waals surface area contributed by atoms with E-state index in [1.54, 1.807) is 31.2 Å². The molecule has 1 aromatic carbocycles. The molecule has 2 N–H and O–H groups in total. The average molecular weight is 297 g/mol. The minimum Gasteiger partial charge on any atom is -0.417 e. The lowest BCUT2D eigenvalue weighted by Crippen LogP contribution is -2.19. The van der Waals surface area contributed by atoms with Crippen LogP contribution in [0, 0.1) is 6.92 Å². The highest BCUT2D eigenvalue weighted by Crippen LogP contribution is 2.12. The molecule has 0 aliphatic carbocycles. The van der Waals surface area contributed by atoms with Crippen molar-refractivity contribution < 1.29 is 9.21 Å². The molecule has 0 fully saturated rings. The maximum absolute atomic E-state index is 12.1. The van der Waals surface area contributed by atoms with Crippen LogP contribution in [0.15, 0.2) is 50.4 Å². The minimum absolute atomic E-state index is 0.0852. The molecule has 0 atom stereocenters. The molecule has 22 heavy (non-hydrogen) atoms. The number of amides is 1. The predicted octanol–water partition coefficient (Wildman–Crippen LogP) is 1.44. The summed E-state index contributed by atoms with van der Waals surface area (Å²) in [6.45, 7) is 1.66. The molecule has 7 heteroatoms. The van der Waals surface area contributed by atoms with Crippen molar-refractivity contribution in [2.45, 2.75) is 6.92 Å². The van der Waals surface area contributed by atoms with Crippen LogP contribution in [0.5, 0.6) is 0 Å². The van der Waals surface area contributed by atoms with Crippen LogP contribution < -0.4 is 16.6 Å². The molecule has 0 saturated carbocycles. The van der Waals surface area contributed by atoms with Gasteiger partial charge in [-0.2, -0.15) is 4.98 Å². The predicted molar refractivity (Wildman–Crippen MR) is 80.0 cm³/mol. The van der Waals surface area contributed by atoms with Crippen molar-refractivity contribution >= 4 is 22.5 Å². The number of fused-ring (bicyclic) bond motifs is 1. The largest absolute Gasteiger partial charge is 0.417 e. The van der Waals surface area contributed by atoms with E-state index in [9.17, 15) is 14.4 Å². The van der Waals surface area contributed by atoms with E-state index >= 15 is 0 Å². The smallest absolute Gasteiger partial charge is 0.347 e. The van der Waals surface area contributed by atoms with Crippen LogP contribution in [0.2, 0.25) is 0 Å². The molecule has 2 aromatic heterocycles. The van der Waals surface area contributed by atoms with Gasteiger partial charge in [0.2, 0.25) is 0 Å². The Bertz CT molecular complexity index is 988. The molecule has 0 bridgehead atoms. The fraction of sp³-hybridized carbons (Fsp3) is 0.0667. The number of carbonyl (C=O) groups excluding carboxylic acids is 1. The zero-order valence-electron chi connectivity index (χ0n) is 11.5. The van der Waals surface area contributed by atoms with E-state index in [-0.39, 0.29) is 11.6 Å². The molecule has 110 valence electrons. The second-order valence-electron chi connectivity index (χ2n) is 4.69. The molecule has 1 amide bonds. The molecule has 0 unspecified atom stereocenters. The highest BCUT2D eigenvalue weighted by molar-refractivity contribution is 6.03. The minimum atomic E-state index is -0.652. The number of anilines is 1. The van der Waals surface area contributed by atoms with E-state index in [2.05, 4.69) is 15.3 Å².